The predicted molar refractivity (Wildman–Crippen MR) is 104 cm³/mol. The molecule has 1 aromatic carbocycles. The van der Waals surface area contributed by atoms with Crippen molar-refractivity contribution in [1.82, 2.24) is 25.3 Å². The average Bonchev–Trinajstić information content (AvgIpc) is 3.38. The van der Waals surface area contributed by atoms with E-state index in [1.165, 1.54) is 11.8 Å². The Kier molecular flexibility index (Phi) is 5.60. The SMILES string of the molecule is O=C(NCc1noc([C@@H]2CCC(=O)N2CCc2ccccc2)n1)c1cccnc1. The van der Waals surface area contributed by atoms with Gasteiger partial charge in [0.2, 0.25) is 11.8 Å². The third-order valence-corrected chi connectivity index (χ3v) is 4.91. The summed E-state index contributed by atoms with van der Waals surface area (Å²) in [4.78, 5) is 34.6. The molecule has 0 aliphatic carbocycles. The van der Waals surface area contributed by atoms with Crippen LogP contribution in [0.1, 0.15) is 46.5 Å². The van der Waals surface area contributed by atoms with E-state index in [9.17, 15) is 9.59 Å². The van der Waals surface area contributed by atoms with E-state index in [1.54, 1.807) is 23.2 Å². The Hall–Kier alpha value is -3.55. The van der Waals surface area contributed by atoms with Crippen LogP contribution in [0.15, 0.2) is 59.4 Å². The molecular weight excluding hydrogens is 370 g/mol. The first-order chi connectivity index (χ1) is 14.2. The van der Waals surface area contributed by atoms with Crippen LogP contribution in [0.4, 0.5) is 0 Å². The van der Waals surface area contributed by atoms with Crippen LogP contribution in [0, 0.1) is 0 Å². The summed E-state index contributed by atoms with van der Waals surface area (Å²) in [5.41, 5.74) is 1.64. The number of likely N-dealkylation sites (tertiary alicyclic amines) is 1. The summed E-state index contributed by atoms with van der Waals surface area (Å²) in [6, 6.07) is 13.2. The van der Waals surface area contributed by atoms with Crippen molar-refractivity contribution in [2.45, 2.75) is 31.8 Å². The second kappa shape index (κ2) is 8.64. The maximum absolute atomic E-state index is 12.3. The first-order valence-electron chi connectivity index (χ1n) is 9.55. The highest BCUT2D eigenvalue weighted by Crippen LogP contribution is 2.31. The lowest BCUT2D eigenvalue weighted by molar-refractivity contribution is -0.129. The van der Waals surface area contributed by atoms with Gasteiger partial charge in [-0.15, -0.1) is 0 Å². The van der Waals surface area contributed by atoms with Gasteiger partial charge in [-0.05, 0) is 30.5 Å². The third kappa shape index (κ3) is 4.48. The van der Waals surface area contributed by atoms with Crippen molar-refractivity contribution in [2.75, 3.05) is 6.54 Å². The molecule has 0 spiro atoms. The molecular formula is C21H21N5O3. The molecule has 1 saturated heterocycles. The number of aromatic nitrogens is 3. The van der Waals surface area contributed by atoms with Gasteiger partial charge in [-0.1, -0.05) is 35.5 Å². The number of amides is 2. The molecule has 148 valence electrons. The minimum absolute atomic E-state index is 0.0931. The molecule has 1 N–H and O–H groups in total. The number of rotatable bonds is 7. The second-order valence-corrected chi connectivity index (χ2v) is 6.85. The van der Waals surface area contributed by atoms with Gasteiger partial charge >= 0.3 is 0 Å². The number of carbonyl (C=O) groups is 2. The number of carbonyl (C=O) groups excluding carboxylic acids is 2. The zero-order valence-corrected chi connectivity index (χ0v) is 15.8. The van der Waals surface area contributed by atoms with Crippen molar-refractivity contribution in [1.29, 1.82) is 0 Å². The Bertz CT molecular complexity index is 974. The largest absolute Gasteiger partial charge is 0.345 e. The van der Waals surface area contributed by atoms with Crippen molar-refractivity contribution in [3.8, 4) is 0 Å². The molecule has 8 heteroatoms. The molecule has 2 aromatic heterocycles. The molecule has 2 amide bonds. The highest BCUT2D eigenvalue weighted by atomic mass is 16.5. The first-order valence-corrected chi connectivity index (χ1v) is 9.55. The van der Waals surface area contributed by atoms with Crippen LogP contribution in [0.3, 0.4) is 0 Å². The Morgan fingerprint density at radius 1 is 1.21 bits per heavy atom. The van der Waals surface area contributed by atoms with Gasteiger partial charge in [0.25, 0.3) is 5.91 Å². The van der Waals surface area contributed by atoms with Crippen LogP contribution in [0.5, 0.6) is 0 Å². The van der Waals surface area contributed by atoms with E-state index in [4.69, 9.17) is 4.52 Å². The summed E-state index contributed by atoms with van der Waals surface area (Å²) in [7, 11) is 0. The maximum Gasteiger partial charge on any atom is 0.253 e. The van der Waals surface area contributed by atoms with E-state index in [1.807, 2.05) is 30.3 Å². The fourth-order valence-corrected chi connectivity index (χ4v) is 3.40. The fourth-order valence-electron chi connectivity index (χ4n) is 3.40. The number of nitrogens with zero attached hydrogens (tertiary/aromatic N) is 4. The van der Waals surface area contributed by atoms with E-state index in [0.29, 0.717) is 36.7 Å². The van der Waals surface area contributed by atoms with E-state index in [0.717, 1.165) is 6.42 Å². The van der Waals surface area contributed by atoms with Gasteiger partial charge in [0.15, 0.2) is 5.82 Å². The summed E-state index contributed by atoms with van der Waals surface area (Å²) < 4.78 is 5.40. The van der Waals surface area contributed by atoms with Crippen molar-refractivity contribution < 1.29 is 14.1 Å². The number of benzene rings is 1. The minimum Gasteiger partial charge on any atom is -0.345 e. The molecule has 0 bridgehead atoms. The molecule has 3 heterocycles. The van der Waals surface area contributed by atoms with E-state index >= 15 is 0 Å². The van der Waals surface area contributed by atoms with Crippen LogP contribution < -0.4 is 5.32 Å². The molecule has 1 aliphatic rings. The van der Waals surface area contributed by atoms with Crippen LogP contribution in [-0.4, -0.2) is 38.4 Å². The molecule has 4 rings (SSSR count). The van der Waals surface area contributed by atoms with Crippen molar-refractivity contribution in [3.05, 3.63) is 77.7 Å². The highest BCUT2D eigenvalue weighted by Gasteiger charge is 2.35. The lowest BCUT2D eigenvalue weighted by Crippen LogP contribution is -2.30. The Morgan fingerprint density at radius 2 is 2.07 bits per heavy atom. The third-order valence-electron chi connectivity index (χ3n) is 4.91. The molecule has 0 saturated carbocycles. The van der Waals surface area contributed by atoms with Crippen molar-refractivity contribution in [2.24, 2.45) is 0 Å². The molecule has 1 fully saturated rings. The topological polar surface area (TPSA) is 101 Å². The first kappa shape index (κ1) is 18.8. The van der Waals surface area contributed by atoms with Gasteiger partial charge < -0.3 is 14.7 Å². The predicted octanol–water partition coefficient (Wildman–Crippen LogP) is 2.30. The summed E-state index contributed by atoms with van der Waals surface area (Å²) in [6.45, 7) is 0.741. The van der Waals surface area contributed by atoms with E-state index < -0.39 is 0 Å². The molecule has 1 atom stereocenters. The van der Waals surface area contributed by atoms with Crippen LogP contribution in [-0.2, 0) is 17.8 Å². The van der Waals surface area contributed by atoms with Gasteiger partial charge in [-0.2, -0.15) is 4.98 Å². The normalized spacial score (nSPS) is 16.2. The standard InChI is InChI=1S/C21H21N5O3/c27-19-9-8-17(26(19)12-10-15-5-2-1-3-6-15)21-24-18(25-29-21)14-23-20(28)16-7-4-11-22-13-16/h1-7,11,13,17H,8-10,12,14H2,(H,23,28)/t17-/m0/s1. The van der Waals surface area contributed by atoms with Crippen LogP contribution in [0.2, 0.25) is 0 Å². The monoisotopic (exact) mass is 391 g/mol. The van der Waals surface area contributed by atoms with Gasteiger partial charge in [-0.3, -0.25) is 14.6 Å². The zero-order valence-electron chi connectivity index (χ0n) is 15.8. The molecule has 0 unspecified atom stereocenters. The Balaban J connectivity index is 1.37. The lowest BCUT2D eigenvalue weighted by Gasteiger charge is -2.21. The number of pyridine rings is 1. The second-order valence-electron chi connectivity index (χ2n) is 6.85. The van der Waals surface area contributed by atoms with Gasteiger partial charge in [-0.25, -0.2) is 0 Å². The molecule has 1 aliphatic heterocycles. The van der Waals surface area contributed by atoms with E-state index in [-0.39, 0.29) is 24.4 Å². The summed E-state index contributed by atoms with van der Waals surface area (Å²) in [5.74, 6) is 0.620. The van der Waals surface area contributed by atoms with Crippen LogP contribution >= 0.6 is 0 Å². The smallest absolute Gasteiger partial charge is 0.253 e. The number of hydrogen-bond acceptors (Lipinski definition) is 6. The van der Waals surface area contributed by atoms with Crippen LogP contribution in [0.25, 0.3) is 0 Å². The fraction of sp³-hybridized carbons (Fsp3) is 0.286. The Labute approximate surface area is 167 Å². The average molecular weight is 391 g/mol. The minimum atomic E-state index is -0.259. The molecule has 0 radical (unpaired) electrons. The Morgan fingerprint density at radius 3 is 2.86 bits per heavy atom. The summed E-state index contributed by atoms with van der Waals surface area (Å²) in [6.07, 6.45) is 4.98. The summed E-state index contributed by atoms with van der Waals surface area (Å²) >= 11 is 0. The van der Waals surface area contributed by atoms with Gasteiger partial charge in [0.05, 0.1) is 12.1 Å². The summed E-state index contributed by atoms with van der Waals surface area (Å²) in [5, 5.41) is 6.69. The number of nitrogens with one attached hydrogen (secondary N) is 1. The molecule has 3 aromatic rings. The lowest BCUT2D eigenvalue weighted by atomic mass is 10.1. The maximum atomic E-state index is 12.3. The zero-order chi connectivity index (χ0) is 20.1. The van der Waals surface area contributed by atoms with Gasteiger partial charge in [0.1, 0.15) is 6.04 Å². The highest BCUT2D eigenvalue weighted by molar-refractivity contribution is 5.93. The quantitative estimate of drug-likeness (QED) is 0.663. The van der Waals surface area contributed by atoms with Crippen molar-refractivity contribution in [3.63, 3.8) is 0 Å². The van der Waals surface area contributed by atoms with E-state index in [2.05, 4.69) is 20.4 Å². The number of hydrogen-bond donors (Lipinski definition) is 1. The molecule has 8 nitrogen and oxygen atoms in total. The van der Waals surface area contributed by atoms with Gasteiger partial charge in [0, 0.05) is 25.4 Å². The molecule has 29 heavy (non-hydrogen) atoms. The van der Waals surface area contributed by atoms with Crippen molar-refractivity contribution >= 4 is 11.8 Å².